The fourth-order valence-electron chi connectivity index (χ4n) is 1.63. The van der Waals surface area contributed by atoms with Crippen molar-refractivity contribution in [3.63, 3.8) is 0 Å². The molecular formula is C10H6Cl3NO2S. The van der Waals surface area contributed by atoms with Crippen LogP contribution < -0.4 is 0 Å². The predicted molar refractivity (Wildman–Crippen MR) is 69.5 cm³/mol. The monoisotopic (exact) mass is 309 g/mol. The van der Waals surface area contributed by atoms with Crippen LogP contribution in [0.25, 0.3) is 10.8 Å². The number of benzene rings is 1. The van der Waals surface area contributed by atoms with Gasteiger partial charge in [-0.05, 0) is 24.6 Å². The number of hydrogen-bond donors (Lipinski definition) is 0. The van der Waals surface area contributed by atoms with E-state index in [0.717, 1.165) is 0 Å². The van der Waals surface area contributed by atoms with Crippen LogP contribution in [0.2, 0.25) is 10.2 Å². The van der Waals surface area contributed by atoms with Gasteiger partial charge in [-0.1, -0.05) is 23.2 Å². The molecule has 0 saturated heterocycles. The SMILES string of the molecule is Cc1cnc(Cl)c2cc(Cl)cc(S(=O)(=O)Cl)c12. The van der Waals surface area contributed by atoms with E-state index in [9.17, 15) is 8.42 Å². The Morgan fingerprint density at radius 3 is 2.47 bits per heavy atom. The zero-order valence-corrected chi connectivity index (χ0v) is 11.6. The van der Waals surface area contributed by atoms with Crippen LogP contribution in [0.5, 0.6) is 0 Å². The Labute approximate surface area is 113 Å². The topological polar surface area (TPSA) is 47.0 Å². The molecule has 0 saturated carbocycles. The lowest BCUT2D eigenvalue weighted by atomic mass is 10.1. The maximum Gasteiger partial charge on any atom is 0.261 e. The lowest BCUT2D eigenvalue weighted by molar-refractivity contribution is 0.610. The van der Waals surface area contributed by atoms with Crippen molar-refractivity contribution in [2.24, 2.45) is 0 Å². The lowest BCUT2D eigenvalue weighted by Gasteiger charge is -2.08. The number of halogens is 3. The Balaban J connectivity index is 3.09. The molecule has 0 aliphatic rings. The summed E-state index contributed by atoms with van der Waals surface area (Å²) >= 11 is 11.8. The van der Waals surface area contributed by atoms with E-state index in [1.165, 1.54) is 12.3 Å². The van der Waals surface area contributed by atoms with E-state index < -0.39 is 9.05 Å². The Bertz CT molecular complexity index is 713. The van der Waals surface area contributed by atoms with Gasteiger partial charge in [0, 0.05) is 32.7 Å². The molecule has 0 unspecified atom stereocenters. The molecule has 0 fully saturated rings. The van der Waals surface area contributed by atoms with Crippen LogP contribution in [-0.2, 0) is 9.05 Å². The third kappa shape index (κ3) is 2.36. The molecule has 90 valence electrons. The van der Waals surface area contributed by atoms with Crippen molar-refractivity contribution in [1.29, 1.82) is 0 Å². The van der Waals surface area contributed by atoms with Gasteiger partial charge in [0.2, 0.25) is 0 Å². The highest BCUT2D eigenvalue weighted by Gasteiger charge is 2.18. The van der Waals surface area contributed by atoms with Crippen LogP contribution in [0.1, 0.15) is 5.56 Å². The van der Waals surface area contributed by atoms with Crippen LogP contribution >= 0.6 is 33.9 Å². The van der Waals surface area contributed by atoms with Gasteiger partial charge >= 0.3 is 0 Å². The Morgan fingerprint density at radius 1 is 1.24 bits per heavy atom. The van der Waals surface area contributed by atoms with E-state index in [2.05, 4.69) is 4.98 Å². The van der Waals surface area contributed by atoms with Crippen molar-refractivity contribution in [2.45, 2.75) is 11.8 Å². The van der Waals surface area contributed by atoms with Gasteiger partial charge in [-0.25, -0.2) is 13.4 Å². The van der Waals surface area contributed by atoms with E-state index in [1.807, 2.05) is 0 Å². The van der Waals surface area contributed by atoms with Gasteiger partial charge in [0.25, 0.3) is 9.05 Å². The summed E-state index contributed by atoms with van der Waals surface area (Å²) in [7, 11) is 1.49. The number of rotatable bonds is 1. The van der Waals surface area contributed by atoms with Crippen molar-refractivity contribution < 1.29 is 8.42 Å². The normalized spacial score (nSPS) is 12.0. The summed E-state index contributed by atoms with van der Waals surface area (Å²) < 4.78 is 23.0. The highest BCUT2D eigenvalue weighted by Crippen LogP contribution is 2.34. The van der Waals surface area contributed by atoms with Crippen molar-refractivity contribution in [1.82, 2.24) is 4.98 Å². The van der Waals surface area contributed by atoms with Crippen molar-refractivity contribution in [3.8, 4) is 0 Å². The molecule has 0 atom stereocenters. The molecule has 3 nitrogen and oxygen atoms in total. The minimum Gasteiger partial charge on any atom is -0.244 e. The predicted octanol–water partition coefficient (Wildman–Crippen LogP) is 3.78. The van der Waals surface area contributed by atoms with Crippen LogP contribution in [0.3, 0.4) is 0 Å². The summed E-state index contributed by atoms with van der Waals surface area (Å²) in [5.41, 5.74) is 0.667. The first-order valence-electron chi connectivity index (χ1n) is 4.49. The maximum absolute atomic E-state index is 11.5. The van der Waals surface area contributed by atoms with Gasteiger partial charge in [0.1, 0.15) is 5.15 Å². The summed E-state index contributed by atoms with van der Waals surface area (Å²) in [6.45, 7) is 1.73. The van der Waals surface area contributed by atoms with Crippen molar-refractivity contribution in [2.75, 3.05) is 0 Å². The molecule has 0 spiro atoms. The number of pyridine rings is 1. The Morgan fingerprint density at radius 2 is 1.88 bits per heavy atom. The zero-order chi connectivity index (χ0) is 12.8. The molecule has 2 aromatic rings. The third-order valence-electron chi connectivity index (χ3n) is 2.32. The maximum atomic E-state index is 11.5. The molecule has 0 amide bonds. The second kappa shape index (κ2) is 4.28. The summed E-state index contributed by atoms with van der Waals surface area (Å²) in [5.74, 6) is 0. The van der Waals surface area contributed by atoms with E-state index in [1.54, 1.807) is 13.0 Å². The highest BCUT2D eigenvalue weighted by molar-refractivity contribution is 8.14. The number of fused-ring (bicyclic) bond motifs is 1. The van der Waals surface area contributed by atoms with E-state index >= 15 is 0 Å². The molecule has 1 aromatic heterocycles. The summed E-state index contributed by atoms with van der Waals surface area (Å²) in [5, 5.41) is 1.35. The lowest BCUT2D eigenvalue weighted by Crippen LogP contribution is -1.96. The molecule has 17 heavy (non-hydrogen) atoms. The highest BCUT2D eigenvalue weighted by atomic mass is 35.7. The third-order valence-corrected chi connectivity index (χ3v) is 4.18. The first-order chi connectivity index (χ1) is 7.80. The standard InChI is InChI=1S/C10H6Cl3NO2S/c1-5-4-14-10(12)7-2-6(11)3-8(9(5)7)17(13,15)16/h2-4H,1H3. The fourth-order valence-corrected chi connectivity index (χ4v) is 3.26. The zero-order valence-electron chi connectivity index (χ0n) is 8.54. The average molecular weight is 311 g/mol. The Kier molecular flexibility index (Phi) is 3.25. The number of nitrogens with zero attached hydrogens (tertiary/aromatic N) is 1. The second-order valence-corrected chi connectivity index (χ2v) is 6.83. The van der Waals surface area contributed by atoms with E-state index in [4.69, 9.17) is 33.9 Å². The van der Waals surface area contributed by atoms with Gasteiger partial charge < -0.3 is 0 Å². The molecule has 0 bridgehead atoms. The van der Waals surface area contributed by atoms with Crippen LogP contribution in [0, 0.1) is 6.92 Å². The average Bonchev–Trinajstić information content (AvgIpc) is 2.21. The smallest absolute Gasteiger partial charge is 0.244 e. The van der Waals surface area contributed by atoms with Gasteiger partial charge in [-0.3, -0.25) is 0 Å². The minimum atomic E-state index is -3.89. The summed E-state index contributed by atoms with van der Waals surface area (Å²) in [6, 6.07) is 2.86. The second-order valence-electron chi connectivity index (χ2n) is 3.50. The van der Waals surface area contributed by atoms with Crippen molar-refractivity contribution in [3.05, 3.63) is 34.1 Å². The molecule has 0 aliphatic carbocycles. The summed E-state index contributed by atoms with van der Waals surface area (Å²) in [4.78, 5) is 3.89. The van der Waals surface area contributed by atoms with Gasteiger partial charge in [-0.2, -0.15) is 0 Å². The number of aryl methyl sites for hydroxylation is 1. The molecule has 7 heteroatoms. The first-order valence-corrected chi connectivity index (χ1v) is 7.56. The molecule has 1 aromatic carbocycles. The van der Waals surface area contributed by atoms with Gasteiger partial charge in [0.15, 0.2) is 0 Å². The van der Waals surface area contributed by atoms with E-state index in [-0.39, 0.29) is 15.1 Å². The molecule has 2 rings (SSSR count). The van der Waals surface area contributed by atoms with Crippen LogP contribution in [0.15, 0.2) is 23.2 Å². The van der Waals surface area contributed by atoms with Crippen LogP contribution in [-0.4, -0.2) is 13.4 Å². The van der Waals surface area contributed by atoms with Crippen molar-refractivity contribution >= 4 is 53.7 Å². The first kappa shape index (κ1) is 12.9. The minimum absolute atomic E-state index is 0.0523. The molecule has 0 N–H and O–H groups in total. The Hall–Kier alpha value is -0.550. The largest absolute Gasteiger partial charge is 0.261 e. The molecular weight excluding hydrogens is 305 g/mol. The summed E-state index contributed by atoms with van der Waals surface area (Å²) in [6.07, 6.45) is 1.49. The van der Waals surface area contributed by atoms with Crippen LogP contribution in [0.4, 0.5) is 0 Å². The molecule has 1 heterocycles. The van der Waals surface area contributed by atoms with E-state index in [0.29, 0.717) is 16.3 Å². The molecule has 0 aliphatic heterocycles. The quantitative estimate of drug-likeness (QED) is 0.595. The van der Waals surface area contributed by atoms with Gasteiger partial charge in [-0.15, -0.1) is 0 Å². The molecule has 0 radical (unpaired) electrons. The number of hydrogen-bond acceptors (Lipinski definition) is 3. The van der Waals surface area contributed by atoms with Gasteiger partial charge in [0.05, 0.1) is 4.90 Å². The number of aromatic nitrogens is 1. The fraction of sp³-hybridized carbons (Fsp3) is 0.100.